The first-order chi connectivity index (χ1) is 4.74. The average Bonchev–Trinajstić information content (AvgIpc) is 1.94. The predicted octanol–water partition coefficient (Wildman–Crippen LogP) is 1.03. The number of nitrogens with zero attached hydrogens (tertiary/aromatic N) is 2. The molecule has 0 aromatic carbocycles. The van der Waals surface area contributed by atoms with E-state index in [-0.39, 0.29) is 5.56 Å². The smallest absolute Gasteiger partial charge is 0.269 e. The largest absolute Gasteiger partial charge is 0.312 e. The Labute approximate surface area is 66.8 Å². The molecule has 54 valence electrons. The topological polar surface area (TPSA) is 34.9 Å². The lowest BCUT2D eigenvalue weighted by molar-refractivity contribution is 0.713. The monoisotopic (exact) mass is 202 g/mol. The van der Waals surface area contributed by atoms with Crippen molar-refractivity contribution in [3.63, 3.8) is 0 Å². The molecular weight excluding hydrogens is 196 g/mol. The molecule has 1 rings (SSSR count). The molecule has 0 spiro atoms. The van der Waals surface area contributed by atoms with Crippen LogP contribution in [0.3, 0.4) is 0 Å². The molecule has 1 aromatic heterocycles. The van der Waals surface area contributed by atoms with Gasteiger partial charge in [0.25, 0.3) is 5.56 Å². The van der Waals surface area contributed by atoms with Crippen molar-refractivity contribution >= 4 is 15.9 Å². The van der Waals surface area contributed by atoms with E-state index in [9.17, 15) is 4.79 Å². The van der Waals surface area contributed by atoms with Crippen LogP contribution in [0, 0.1) is 0 Å². The molecule has 0 N–H and O–H groups in total. The van der Waals surface area contributed by atoms with Crippen LogP contribution in [0.4, 0.5) is 0 Å². The second-order valence-electron chi connectivity index (χ2n) is 1.83. The second kappa shape index (κ2) is 2.96. The molecule has 0 atom stereocenters. The molecule has 0 bridgehead atoms. The second-order valence-corrected chi connectivity index (χ2v) is 2.65. The molecule has 0 aliphatic carbocycles. The highest BCUT2D eigenvalue weighted by Gasteiger charge is 1.92. The SMILES string of the molecule is CCn1cc(Br)ncc1=O. The van der Waals surface area contributed by atoms with Gasteiger partial charge in [0.05, 0.1) is 6.20 Å². The zero-order valence-corrected chi connectivity index (χ0v) is 7.13. The van der Waals surface area contributed by atoms with E-state index in [1.807, 2.05) is 6.92 Å². The Balaban J connectivity index is 3.22. The van der Waals surface area contributed by atoms with Crippen molar-refractivity contribution in [1.29, 1.82) is 0 Å². The molecule has 0 radical (unpaired) electrons. The summed E-state index contributed by atoms with van der Waals surface area (Å²) in [6.07, 6.45) is 2.97. The summed E-state index contributed by atoms with van der Waals surface area (Å²) in [7, 11) is 0. The fraction of sp³-hybridized carbons (Fsp3) is 0.333. The third kappa shape index (κ3) is 1.44. The number of hydrogen-bond acceptors (Lipinski definition) is 2. The van der Waals surface area contributed by atoms with Gasteiger partial charge in [-0.15, -0.1) is 0 Å². The Hall–Kier alpha value is -0.640. The van der Waals surface area contributed by atoms with Crippen LogP contribution in [0.15, 0.2) is 21.8 Å². The zero-order valence-electron chi connectivity index (χ0n) is 5.54. The third-order valence-corrected chi connectivity index (χ3v) is 1.59. The van der Waals surface area contributed by atoms with Crippen LogP contribution in [0.2, 0.25) is 0 Å². The van der Waals surface area contributed by atoms with Crippen molar-refractivity contribution in [1.82, 2.24) is 9.55 Å². The molecule has 0 aliphatic heterocycles. The summed E-state index contributed by atoms with van der Waals surface area (Å²) in [4.78, 5) is 14.7. The van der Waals surface area contributed by atoms with E-state index in [1.165, 1.54) is 6.20 Å². The number of rotatable bonds is 1. The molecule has 0 saturated carbocycles. The molecule has 4 heteroatoms. The van der Waals surface area contributed by atoms with Gasteiger partial charge in [0, 0.05) is 12.7 Å². The van der Waals surface area contributed by atoms with Gasteiger partial charge in [0.1, 0.15) is 4.60 Å². The van der Waals surface area contributed by atoms with Crippen molar-refractivity contribution < 1.29 is 0 Å². The van der Waals surface area contributed by atoms with Crippen molar-refractivity contribution in [2.24, 2.45) is 0 Å². The van der Waals surface area contributed by atoms with Crippen LogP contribution >= 0.6 is 15.9 Å². The van der Waals surface area contributed by atoms with Crippen molar-refractivity contribution in [3.8, 4) is 0 Å². The van der Waals surface area contributed by atoms with Crippen molar-refractivity contribution in [2.75, 3.05) is 0 Å². The van der Waals surface area contributed by atoms with Gasteiger partial charge in [-0.25, -0.2) is 4.98 Å². The van der Waals surface area contributed by atoms with Crippen LogP contribution in [0.5, 0.6) is 0 Å². The predicted molar refractivity (Wildman–Crippen MR) is 41.9 cm³/mol. The highest BCUT2D eigenvalue weighted by atomic mass is 79.9. The summed E-state index contributed by atoms with van der Waals surface area (Å²) in [5.41, 5.74) is -0.0642. The fourth-order valence-electron chi connectivity index (χ4n) is 0.664. The van der Waals surface area contributed by atoms with Crippen LogP contribution in [-0.4, -0.2) is 9.55 Å². The van der Waals surface area contributed by atoms with E-state index in [0.717, 1.165) is 0 Å². The molecule has 0 saturated heterocycles. The minimum Gasteiger partial charge on any atom is -0.312 e. The lowest BCUT2D eigenvalue weighted by atomic mass is 10.6. The summed E-state index contributed by atoms with van der Waals surface area (Å²) in [6.45, 7) is 2.59. The Bertz CT molecular complexity index is 281. The Morgan fingerprint density at radius 3 is 3.00 bits per heavy atom. The first-order valence-electron chi connectivity index (χ1n) is 2.96. The van der Waals surface area contributed by atoms with Gasteiger partial charge >= 0.3 is 0 Å². The molecule has 1 heterocycles. The van der Waals surface area contributed by atoms with Crippen molar-refractivity contribution in [2.45, 2.75) is 13.5 Å². The molecule has 0 aliphatic rings. The van der Waals surface area contributed by atoms with E-state index in [1.54, 1.807) is 10.8 Å². The van der Waals surface area contributed by atoms with Gasteiger partial charge in [-0.1, -0.05) is 0 Å². The fourth-order valence-corrected chi connectivity index (χ4v) is 1.01. The molecular formula is C6H7BrN2O. The summed E-state index contributed by atoms with van der Waals surface area (Å²) in [5.74, 6) is 0. The lowest BCUT2D eigenvalue weighted by Gasteiger charge is -1.98. The maximum Gasteiger partial charge on any atom is 0.269 e. The normalized spacial score (nSPS) is 9.80. The van der Waals surface area contributed by atoms with Gasteiger partial charge < -0.3 is 4.57 Å². The molecule has 3 nitrogen and oxygen atoms in total. The van der Waals surface area contributed by atoms with E-state index >= 15 is 0 Å². The number of halogens is 1. The van der Waals surface area contributed by atoms with Gasteiger partial charge in [-0.3, -0.25) is 4.79 Å². The Kier molecular flexibility index (Phi) is 2.21. The summed E-state index contributed by atoms with van der Waals surface area (Å²) in [5, 5.41) is 0. The molecule has 0 unspecified atom stereocenters. The van der Waals surface area contributed by atoms with Crippen LogP contribution in [0.25, 0.3) is 0 Å². The molecule has 10 heavy (non-hydrogen) atoms. The summed E-state index contributed by atoms with van der Waals surface area (Å²) >= 11 is 3.17. The number of hydrogen-bond donors (Lipinski definition) is 0. The number of aryl methyl sites for hydroxylation is 1. The first-order valence-corrected chi connectivity index (χ1v) is 3.75. The zero-order chi connectivity index (χ0) is 7.56. The highest BCUT2D eigenvalue weighted by Crippen LogP contribution is 1.99. The quantitative estimate of drug-likeness (QED) is 0.683. The highest BCUT2D eigenvalue weighted by molar-refractivity contribution is 9.10. The van der Waals surface area contributed by atoms with Gasteiger partial charge in [-0.2, -0.15) is 0 Å². The van der Waals surface area contributed by atoms with Crippen LogP contribution < -0.4 is 5.56 Å². The van der Waals surface area contributed by atoms with Gasteiger partial charge in [0.2, 0.25) is 0 Å². The van der Waals surface area contributed by atoms with Crippen molar-refractivity contribution in [3.05, 3.63) is 27.4 Å². The van der Waals surface area contributed by atoms with Crippen LogP contribution in [0.1, 0.15) is 6.92 Å². The summed E-state index contributed by atoms with van der Waals surface area (Å²) < 4.78 is 2.27. The average molecular weight is 203 g/mol. The van der Waals surface area contributed by atoms with Gasteiger partial charge in [0.15, 0.2) is 0 Å². The lowest BCUT2D eigenvalue weighted by Crippen LogP contribution is -2.17. The minimum atomic E-state index is -0.0642. The Morgan fingerprint density at radius 1 is 1.80 bits per heavy atom. The summed E-state index contributed by atoms with van der Waals surface area (Å²) in [6, 6.07) is 0. The molecule has 1 aromatic rings. The maximum atomic E-state index is 10.9. The van der Waals surface area contributed by atoms with Crippen LogP contribution in [-0.2, 0) is 6.54 Å². The van der Waals surface area contributed by atoms with E-state index in [0.29, 0.717) is 11.1 Å². The van der Waals surface area contributed by atoms with E-state index in [4.69, 9.17) is 0 Å². The number of aromatic nitrogens is 2. The standard InChI is InChI=1S/C6H7BrN2O/c1-2-9-4-5(7)8-3-6(9)10/h3-4H,2H2,1H3. The van der Waals surface area contributed by atoms with E-state index in [2.05, 4.69) is 20.9 Å². The minimum absolute atomic E-state index is 0.0642. The third-order valence-electron chi connectivity index (χ3n) is 1.18. The maximum absolute atomic E-state index is 10.9. The molecule has 0 amide bonds. The first kappa shape index (κ1) is 7.47. The van der Waals surface area contributed by atoms with Gasteiger partial charge in [-0.05, 0) is 22.9 Å². The molecule has 0 fully saturated rings. The Morgan fingerprint density at radius 2 is 2.50 bits per heavy atom. The van der Waals surface area contributed by atoms with E-state index < -0.39 is 0 Å².